The van der Waals surface area contributed by atoms with E-state index >= 15 is 0 Å². The van der Waals surface area contributed by atoms with Gasteiger partial charge >= 0.3 is 0 Å². The van der Waals surface area contributed by atoms with E-state index in [4.69, 9.17) is 10.2 Å². The summed E-state index contributed by atoms with van der Waals surface area (Å²) in [6.07, 6.45) is 0. The van der Waals surface area contributed by atoms with E-state index in [1.165, 1.54) is 5.56 Å². The van der Waals surface area contributed by atoms with Crippen LogP contribution in [0.2, 0.25) is 0 Å². The molecule has 1 fully saturated rings. The monoisotopic (exact) mass is 435 g/mol. The lowest BCUT2D eigenvalue weighted by Gasteiger charge is -2.34. The molecule has 0 spiro atoms. The zero-order valence-corrected chi connectivity index (χ0v) is 18.4. The molecule has 1 aliphatic rings. The smallest absolute Gasteiger partial charge is 0.253 e. The summed E-state index contributed by atoms with van der Waals surface area (Å²) in [6.45, 7) is 4.43. The second-order valence-electron chi connectivity index (χ2n) is 8.35. The third kappa shape index (κ3) is 4.50. The number of nitriles is 1. The lowest BCUT2D eigenvalue weighted by atomic mass is 10.1. The Bertz CT molecular complexity index is 1310. The molecule has 0 aliphatic carbocycles. The molecule has 5 rings (SSSR count). The van der Waals surface area contributed by atoms with Crippen LogP contribution in [-0.4, -0.2) is 51.4 Å². The molecule has 0 atom stereocenters. The predicted molar refractivity (Wildman–Crippen MR) is 128 cm³/mol. The number of carbonyl (C=O) groups excluding carboxylic acids is 1. The number of aromatic nitrogens is 2. The predicted octanol–water partition coefficient (Wildman–Crippen LogP) is 3.91. The molecule has 1 aromatic heterocycles. The van der Waals surface area contributed by atoms with Gasteiger partial charge in [0.15, 0.2) is 0 Å². The number of nitrogens with zero attached hydrogens (tertiary/aromatic N) is 5. The molecule has 6 heteroatoms. The van der Waals surface area contributed by atoms with Crippen LogP contribution in [0, 0.1) is 11.3 Å². The Morgan fingerprint density at radius 3 is 2.42 bits per heavy atom. The standard InChI is InChI=1S/C27H25N5O/c28-18-22-9-6-10-23(17-22)27(33)31-15-13-30(14-16-31)20-26-29-24-11-4-5-12-25(24)32(26)19-21-7-2-1-3-8-21/h1-12,17H,13-16,19-20H2. The van der Waals surface area contributed by atoms with Gasteiger partial charge in [-0.2, -0.15) is 5.26 Å². The second-order valence-corrected chi connectivity index (χ2v) is 8.35. The summed E-state index contributed by atoms with van der Waals surface area (Å²) in [6, 6.07) is 27.8. The first-order chi connectivity index (χ1) is 16.2. The van der Waals surface area contributed by atoms with E-state index < -0.39 is 0 Å². The fourth-order valence-corrected chi connectivity index (χ4v) is 4.40. The van der Waals surface area contributed by atoms with Crippen molar-refractivity contribution in [3.05, 3.63) is 101 Å². The van der Waals surface area contributed by atoms with Crippen molar-refractivity contribution in [1.29, 1.82) is 5.26 Å². The molecule has 2 heterocycles. The minimum Gasteiger partial charge on any atom is -0.336 e. The minimum atomic E-state index is -0.0110. The number of para-hydroxylation sites is 2. The first-order valence-electron chi connectivity index (χ1n) is 11.2. The quantitative estimate of drug-likeness (QED) is 0.477. The van der Waals surface area contributed by atoms with Crippen molar-refractivity contribution in [2.24, 2.45) is 0 Å². The summed E-state index contributed by atoms with van der Waals surface area (Å²) in [5.41, 5.74) is 4.48. The molecule has 1 saturated heterocycles. The maximum absolute atomic E-state index is 12.9. The summed E-state index contributed by atoms with van der Waals surface area (Å²) in [4.78, 5) is 22.1. The molecular weight excluding hydrogens is 410 g/mol. The third-order valence-corrected chi connectivity index (χ3v) is 6.18. The van der Waals surface area contributed by atoms with Gasteiger partial charge in [0.1, 0.15) is 5.82 Å². The fourth-order valence-electron chi connectivity index (χ4n) is 4.40. The number of carbonyl (C=O) groups is 1. The molecule has 0 bridgehead atoms. The van der Waals surface area contributed by atoms with Crippen LogP contribution in [0.1, 0.15) is 27.3 Å². The lowest BCUT2D eigenvalue weighted by molar-refractivity contribution is 0.0624. The Morgan fingerprint density at radius 1 is 0.879 bits per heavy atom. The molecule has 1 aliphatic heterocycles. The normalized spacial score (nSPS) is 14.3. The number of imidazole rings is 1. The second kappa shape index (κ2) is 9.27. The largest absolute Gasteiger partial charge is 0.336 e. The highest BCUT2D eigenvalue weighted by Crippen LogP contribution is 2.20. The first-order valence-corrected chi connectivity index (χ1v) is 11.2. The van der Waals surface area contributed by atoms with Gasteiger partial charge in [-0.05, 0) is 35.9 Å². The number of hydrogen-bond donors (Lipinski definition) is 0. The zero-order valence-electron chi connectivity index (χ0n) is 18.4. The van der Waals surface area contributed by atoms with Crippen molar-refractivity contribution < 1.29 is 4.79 Å². The maximum Gasteiger partial charge on any atom is 0.253 e. The topological polar surface area (TPSA) is 65.2 Å². The van der Waals surface area contributed by atoms with Crippen molar-refractivity contribution >= 4 is 16.9 Å². The number of amides is 1. The van der Waals surface area contributed by atoms with Crippen molar-refractivity contribution in [2.45, 2.75) is 13.1 Å². The van der Waals surface area contributed by atoms with Gasteiger partial charge in [0, 0.05) is 38.3 Å². The number of benzene rings is 3. The van der Waals surface area contributed by atoms with E-state index in [1.54, 1.807) is 24.3 Å². The summed E-state index contributed by atoms with van der Waals surface area (Å²) in [5, 5.41) is 9.11. The molecule has 1 amide bonds. The van der Waals surface area contributed by atoms with Crippen LogP contribution in [0.4, 0.5) is 0 Å². The molecule has 6 nitrogen and oxygen atoms in total. The van der Waals surface area contributed by atoms with Crippen LogP contribution in [0.3, 0.4) is 0 Å². The van der Waals surface area contributed by atoms with E-state index in [9.17, 15) is 4.79 Å². The van der Waals surface area contributed by atoms with E-state index in [0.29, 0.717) is 24.2 Å². The molecule has 0 N–H and O–H groups in total. The summed E-state index contributed by atoms with van der Waals surface area (Å²) < 4.78 is 2.30. The zero-order chi connectivity index (χ0) is 22.6. The molecule has 4 aromatic rings. The van der Waals surface area contributed by atoms with E-state index in [1.807, 2.05) is 17.0 Å². The highest BCUT2D eigenvalue weighted by Gasteiger charge is 2.24. The molecule has 3 aromatic carbocycles. The molecule has 0 saturated carbocycles. The van der Waals surface area contributed by atoms with E-state index in [-0.39, 0.29) is 5.91 Å². The number of hydrogen-bond acceptors (Lipinski definition) is 4. The van der Waals surface area contributed by atoms with Gasteiger partial charge in [0.05, 0.1) is 29.2 Å². The fraction of sp³-hybridized carbons (Fsp3) is 0.222. The third-order valence-electron chi connectivity index (χ3n) is 6.18. The van der Waals surface area contributed by atoms with Gasteiger partial charge in [-0.3, -0.25) is 9.69 Å². The molecular formula is C27H25N5O. The van der Waals surface area contributed by atoms with E-state index in [0.717, 1.165) is 43.0 Å². The van der Waals surface area contributed by atoms with Gasteiger partial charge in [-0.25, -0.2) is 4.98 Å². The van der Waals surface area contributed by atoms with Crippen LogP contribution in [0.5, 0.6) is 0 Å². The van der Waals surface area contributed by atoms with Gasteiger partial charge in [0.25, 0.3) is 5.91 Å². The van der Waals surface area contributed by atoms with Gasteiger partial charge in [-0.1, -0.05) is 48.5 Å². The number of piperazine rings is 1. The van der Waals surface area contributed by atoms with E-state index in [2.05, 4.69) is 58.0 Å². The molecule has 33 heavy (non-hydrogen) atoms. The Morgan fingerprint density at radius 2 is 1.64 bits per heavy atom. The number of fused-ring (bicyclic) bond motifs is 1. The minimum absolute atomic E-state index is 0.0110. The summed E-state index contributed by atoms with van der Waals surface area (Å²) >= 11 is 0. The van der Waals surface area contributed by atoms with Crippen molar-refractivity contribution in [3.63, 3.8) is 0 Å². The summed E-state index contributed by atoms with van der Waals surface area (Å²) in [5.74, 6) is 1.03. The highest BCUT2D eigenvalue weighted by atomic mass is 16.2. The number of rotatable bonds is 5. The highest BCUT2D eigenvalue weighted by molar-refractivity contribution is 5.94. The van der Waals surface area contributed by atoms with Crippen LogP contribution >= 0.6 is 0 Å². The average Bonchev–Trinajstić information content (AvgIpc) is 3.21. The van der Waals surface area contributed by atoms with Gasteiger partial charge in [-0.15, -0.1) is 0 Å². The molecule has 0 unspecified atom stereocenters. The van der Waals surface area contributed by atoms with Crippen LogP contribution in [-0.2, 0) is 13.1 Å². The Hall–Kier alpha value is -3.95. The van der Waals surface area contributed by atoms with Crippen molar-refractivity contribution in [2.75, 3.05) is 26.2 Å². The van der Waals surface area contributed by atoms with Crippen LogP contribution in [0.25, 0.3) is 11.0 Å². The average molecular weight is 436 g/mol. The molecule has 0 radical (unpaired) electrons. The molecule has 164 valence electrons. The Balaban J connectivity index is 1.30. The van der Waals surface area contributed by atoms with Crippen molar-refractivity contribution in [3.8, 4) is 6.07 Å². The van der Waals surface area contributed by atoms with Gasteiger partial charge < -0.3 is 9.47 Å². The van der Waals surface area contributed by atoms with Crippen LogP contribution in [0.15, 0.2) is 78.9 Å². The Labute approximate surface area is 193 Å². The maximum atomic E-state index is 12.9. The van der Waals surface area contributed by atoms with Crippen molar-refractivity contribution in [1.82, 2.24) is 19.4 Å². The van der Waals surface area contributed by atoms with Gasteiger partial charge in [0.2, 0.25) is 0 Å². The SMILES string of the molecule is N#Cc1cccc(C(=O)N2CCN(Cc3nc4ccccc4n3Cc3ccccc3)CC2)c1. The summed E-state index contributed by atoms with van der Waals surface area (Å²) in [7, 11) is 0. The van der Waals surface area contributed by atoms with Crippen LogP contribution < -0.4 is 0 Å². The lowest BCUT2D eigenvalue weighted by Crippen LogP contribution is -2.48. The Kier molecular flexibility index (Phi) is 5.88. The first kappa shape index (κ1) is 20.9.